The molecular weight excluding hydrogens is 212 g/mol. The van der Waals surface area contributed by atoms with Crippen LogP contribution >= 0.6 is 0 Å². The van der Waals surface area contributed by atoms with Gasteiger partial charge in [-0.25, -0.2) is 0 Å². The Morgan fingerprint density at radius 3 is 2.24 bits per heavy atom. The van der Waals surface area contributed by atoms with Crippen molar-refractivity contribution in [3.05, 3.63) is 0 Å². The first-order valence-electron chi connectivity index (χ1n) is 7.02. The van der Waals surface area contributed by atoms with Crippen molar-refractivity contribution >= 4 is 0 Å². The molecular formula is C14H32N2O. The van der Waals surface area contributed by atoms with E-state index in [9.17, 15) is 0 Å². The minimum atomic E-state index is -0.0783. The van der Waals surface area contributed by atoms with E-state index in [4.69, 9.17) is 10.5 Å². The normalized spacial score (nSPS) is 15.5. The molecule has 1 atom stereocenters. The summed E-state index contributed by atoms with van der Waals surface area (Å²) in [4.78, 5) is 2.50. The van der Waals surface area contributed by atoms with Gasteiger partial charge in [0.1, 0.15) is 0 Å². The standard InChI is InChI=1S/C14H32N2O/c1-6-9-14(4,15)12-16(10-11-17-5)13(7-2)8-3/h13H,6-12,15H2,1-5H3. The zero-order chi connectivity index (χ0) is 13.3. The molecule has 0 saturated carbocycles. The maximum Gasteiger partial charge on any atom is 0.0589 e. The summed E-state index contributed by atoms with van der Waals surface area (Å²) in [5, 5.41) is 0. The molecule has 0 saturated heterocycles. The Kier molecular flexibility index (Phi) is 8.83. The lowest BCUT2D eigenvalue weighted by Crippen LogP contribution is -2.51. The maximum atomic E-state index is 6.36. The Hall–Kier alpha value is -0.120. The number of nitrogens with zero attached hydrogens (tertiary/aromatic N) is 1. The summed E-state index contributed by atoms with van der Waals surface area (Å²) in [6, 6.07) is 0.630. The van der Waals surface area contributed by atoms with Crippen molar-refractivity contribution in [2.75, 3.05) is 26.8 Å². The van der Waals surface area contributed by atoms with Gasteiger partial charge in [-0.3, -0.25) is 4.90 Å². The number of nitrogens with two attached hydrogens (primary N) is 1. The summed E-state index contributed by atoms with van der Waals surface area (Å²) in [5.74, 6) is 0. The van der Waals surface area contributed by atoms with Crippen molar-refractivity contribution in [2.24, 2.45) is 5.73 Å². The zero-order valence-electron chi connectivity index (χ0n) is 12.5. The fraction of sp³-hybridized carbons (Fsp3) is 1.00. The molecule has 0 aromatic rings. The Labute approximate surface area is 108 Å². The van der Waals surface area contributed by atoms with Gasteiger partial charge in [-0.15, -0.1) is 0 Å². The second kappa shape index (κ2) is 8.90. The van der Waals surface area contributed by atoms with Gasteiger partial charge in [0, 0.05) is 31.8 Å². The van der Waals surface area contributed by atoms with Crippen LogP contribution in [-0.4, -0.2) is 43.3 Å². The van der Waals surface area contributed by atoms with E-state index < -0.39 is 0 Å². The first-order valence-corrected chi connectivity index (χ1v) is 7.02. The van der Waals surface area contributed by atoms with Crippen LogP contribution in [0.2, 0.25) is 0 Å². The third-order valence-electron chi connectivity index (χ3n) is 3.43. The first-order chi connectivity index (χ1) is 8.00. The van der Waals surface area contributed by atoms with Crippen molar-refractivity contribution < 1.29 is 4.74 Å². The lowest BCUT2D eigenvalue weighted by molar-refractivity contribution is 0.0954. The molecule has 0 rings (SSSR count). The molecule has 0 aliphatic carbocycles. The number of ether oxygens (including phenoxy) is 1. The summed E-state index contributed by atoms with van der Waals surface area (Å²) < 4.78 is 5.20. The van der Waals surface area contributed by atoms with Crippen molar-refractivity contribution in [3.8, 4) is 0 Å². The van der Waals surface area contributed by atoms with Crippen LogP contribution in [-0.2, 0) is 4.74 Å². The molecule has 0 spiro atoms. The molecule has 0 heterocycles. The van der Waals surface area contributed by atoms with Crippen molar-refractivity contribution in [2.45, 2.75) is 65.0 Å². The highest BCUT2D eigenvalue weighted by Crippen LogP contribution is 2.16. The molecule has 0 aliphatic heterocycles. The fourth-order valence-electron chi connectivity index (χ4n) is 2.52. The van der Waals surface area contributed by atoms with Crippen LogP contribution in [0.5, 0.6) is 0 Å². The summed E-state index contributed by atoms with van der Waals surface area (Å²) in [7, 11) is 1.76. The topological polar surface area (TPSA) is 38.5 Å². The summed E-state index contributed by atoms with van der Waals surface area (Å²) in [5.41, 5.74) is 6.29. The van der Waals surface area contributed by atoms with E-state index >= 15 is 0 Å². The van der Waals surface area contributed by atoms with Crippen LogP contribution in [0.3, 0.4) is 0 Å². The molecule has 17 heavy (non-hydrogen) atoms. The van der Waals surface area contributed by atoms with Crippen molar-refractivity contribution in [3.63, 3.8) is 0 Å². The van der Waals surface area contributed by atoms with Crippen LogP contribution in [0.1, 0.15) is 53.4 Å². The van der Waals surface area contributed by atoms with Crippen LogP contribution in [0.4, 0.5) is 0 Å². The Bertz CT molecular complexity index is 179. The van der Waals surface area contributed by atoms with Crippen molar-refractivity contribution in [1.82, 2.24) is 4.90 Å². The van der Waals surface area contributed by atoms with E-state index in [0.29, 0.717) is 6.04 Å². The lowest BCUT2D eigenvalue weighted by Gasteiger charge is -2.37. The lowest BCUT2D eigenvalue weighted by atomic mass is 9.95. The van der Waals surface area contributed by atoms with Gasteiger partial charge < -0.3 is 10.5 Å². The van der Waals surface area contributed by atoms with Gasteiger partial charge in [0.05, 0.1) is 6.61 Å². The second-order valence-electron chi connectivity index (χ2n) is 5.34. The number of rotatable bonds is 10. The monoisotopic (exact) mass is 244 g/mol. The summed E-state index contributed by atoms with van der Waals surface area (Å²) >= 11 is 0. The average Bonchev–Trinajstić information content (AvgIpc) is 2.26. The molecule has 0 bridgehead atoms. The molecule has 2 N–H and O–H groups in total. The molecule has 1 unspecified atom stereocenters. The highest BCUT2D eigenvalue weighted by atomic mass is 16.5. The molecule has 0 radical (unpaired) electrons. The minimum Gasteiger partial charge on any atom is -0.383 e. The van der Waals surface area contributed by atoms with Crippen molar-refractivity contribution in [1.29, 1.82) is 0 Å². The first kappa shape index (κ1) is 16.9. The van der Waals surface area contributed by atoms with Gasteiger partial charge in [-0.1, -0.05) is 27.2 Å². The van der Waals surface area contributed by atoms with E-state index in [1.807, 2.05) is 0 Å². The molecule has 0 aromatic heterocycles. The predicted molar refractivity (Wildman–Crippen MR) is 75.3 cm³/mol. The SMILES string of the molecule is CCCC(C)(N)CN(CCOC)C(CC)CC. The second-order valence-corrected chi connectivity index (χ2v) is 5.34. The van der Waals surface area contributed by atoms with E-state index in [0.717, 1.165) is 32.5 Å². The Balaban J connectivity index is 4.45. The van der Waals surface area contributed by atoms with E-state index in [1.165, 1.54) is 12.8 Å². The fourth-order valence-corrected chi connectivity index (χ4v) is 2.52. The molecule has 0 aromatic carbocycles. The van der Waals surface area contributed by atoms with Gasteiger partial charge in [0.25, 0.3) is 0 Å². The van der Waals surface area contributed by atoms with Gasteiger partial charge >= 0.3 is 0 Å². The number of hydrogen-bond donors (Lipinski definition) is 1. The number of hydrogen-bond acceptors (Lipinski definition) is 3. The zero-order valence-corrected chi connectivity index (χ0v) is 12.5. The highest BCUT2D eigenvalue weighted by molar-refractivity contribution is 4.84. The largest absolute Gasteiger partial charge is 0.383 e. The molecule has 0 aliphatic rings. The molecule has 0 amide bonds. The van der Waals surface area contributed by atoms with Crippen LogP contribution < -0.4 is 5.73 Å². The molecule has 0 fully saturated rings. The summed E-state index contributed by atoms with van der Waals surface area (Å²) in [6.45, 7) is 11.6. The third kappa shape index (κ3) is 7.02. The van der Waals surface area contributed by atoms with Gasteiger partial charge in [-0.2, -0.15) is 0 Å². The smallest absolute Gasteiger partial charge is 0.0589 e. The highest BCUT2D eigenvalue weighted by Gasteiger charge is 2.24. The van der Waals surface area contributed by atoms with Gasteiger partial charge in [0.15, 0.2) is 0 Å². The molecule has 3 heteroatoms. The van der Waals surface area contributed by atoms with E-state index in [1.54, 1.807) is 7.11 Å². The van der Waals surface area contributed by atoms with Crippen LogP contribution in [0, 0.1) is 0 Å². The average molecular weight is 244 g/mol. The Morgan fingerprint density at radius 2 is 1.82 bits per heavy atom. The van der Waals surface area contributed by atoms with Gasteiger partial charge in [0.2, 0.25) is 0 Å². The third-order valence-corrected chi connectivity index (χ3v) is 3.43. The van der Waals surface area contributed by atoms with E-state index in [2.05, 4.69) is 32.6 Å². The minimum absolute atomic E-state index is 0.0783. The molecule has 3 nitrogen and oxygen atoms in total. The quantitative estimate of drug-likeness (QED) is 0.642. The Morgan fingerprint density at radius 1 is 1.24 bits per heavy atom. The maximum absolute atomic E-state index is 6.36. The van der Waals surface area contributed by atoms with Crippen LogP contribution in [0.25, 0.3) is 0 Å². The number of methoxy groups -OCH3 is 1. The molecule has 104 valence electrons. The predicted octanol–water partition coefficient (Wildman–Crippen LogP) is 2.64. The van der Waals surface area contributed by atoms with Crippen LogP contribution in [0.15, 0.2) is 0 Å². The van der Waals surface area contributed by atoms with E-state index in [-0.39, 0.29) is 5.54 Å². The summed E-state index contributed by atoms with van der Waals surface area (Å²) in [6.07, 6.45) is 4.59. The van der Waals surface area contributed by atoms with Gasteiger partial charge in [-0.05, 0) is 26.2 Å².